The molecule has 0 fully saturated rings. The maximum Gasteiger partial charge on any atom is 0.316 e. The van der Waals surface area contributed by atoms with Gasteiger partial charge in [-0.3, -0.25) is 4.79 Å². The monoisotopic (exact) mass is 298 g/mol. The van der Waals surface area contributed by atoms with Gasteiger partial charge in [0, 0.05) is 10.6 Å². The molecule has 100 valence electrons. The van der Waals surface area contributed by atoms with Crippen LogP contribution in [0.15, 0.2) is 28.8 Å². The number of nitrogens with zero attached hydrogens (tertiary/aromatic N) is 2. The van der Waals surface area contributed by atoms with Crippen molar-refractivity contribution in [3.05, 3.63) is 35.1 Å². The molecule has 1 atom stereocenters. The van der Waals surface area contributed by atoms with Crippen molar-refractivity contribution < 1.29 is 14.4 Å². The number of aromatic nitrogens is 2. The van der Waals surface area contributed by atoms with Crippen LogP contribution in [0.3, 0.4) is 0 Å². The molecule has 0 saturated heterocycles. The molecule has 1 aromatic carbocycles. The Morgan fingerprint density at radius 2 is 2.16 bits per heavy atom. The van der Waals surface area contributed by atoms with Crippen LogP contribution in [0.5, 0.6) is 0 Å². The largest absolute Gasteiger partial charge is 0.480 e. The third kappa shape index (κ3) is 3.71. The number of rotatable bonds is 5. The SMILES string of the molecule is CC(SCc1noc(-c2ccc(Cl)cc2)n1)C(=O)O. The molecule has 0 spiro atoms. The first-order valence-corrected chi connectivity index (χ1v) is 6.92. The summed E-state index contributed by atoms with van der Waals surface area (Å²) in [5.41, 5.74) is 0.777. The standard InChI is InChI=1S/C12H11ClN2O3S/c1-7(12(16)17)19-6-10-14-11(18-15-10)8-2-4-9(13)5-3-8/h2-5,7H,6H2,1H3,(H,16,17). The molecule has 2 rings (SSSR count). The zero-order valence-corrected chi connectivity index (χ0v) is 11.6. The summed E-state index contributed by atoms with van der Waals surface area (Å²) in [7, 11) is 0. The summed E-state index contributed by atoms with van der Waals surface area (Å²) < 4.78 is 5.12. The lowest BCUT2D eigenvalue weighted by Crippen LogP contribution is -2.11. The van der Waals surface area contributed by atoms with Gasteiger partial charge in [0.15, 0.2) is 5.82 Å². The van der Waals surface area contributed by atoms with Gasteiger partial charge in [0.25, 0.3) is 5.89 Å². The average Bonchev–Trinajstić information content (AvgIpc) is 2.85. The number of carboxylic acids is 1. The summed E-state index contributed by atoms with van der Waals surface area (Å²) >= 11 is 7.04. The molecule has 0 amide bonds. The second-order valence-corrected chi connectivity index (χ2v) is 5.58. The molecule has 0 saturated carbocycles. The maximum absolute atomic E-state index is 10.7. The molecule has 1 unspecified atom stereocenters. The minimum atomic E-state index is -0.855. The number of benzene rings is 1. The second kappa shape index (κ2) is 6.08. The quantitative estimate of drug-likeness (QED) is 0.914. The van der Waals surface area contributed by atoms with E-state index in [9.17, 15) is 4.79 Å². The average molecular weight is 299 g/mol. The van der Waals surface area contributed by atoms with Crippen LogP contribution in [0.1, 0.15) is 12.7 Å². The highest BCUT2D eigenvalue weighted by Gasteiger charge is 2.14. The molecule has 0 aliphatic heterocycles. The Hall–Kier alpha value is -1.53. The minimum Gasteiger partial charge on any atom is -0.480 e. The highest BCUT2D eigenvalue weighted by molar-refractivity contribution is 7.99. The van der Waals surface area contributed by atoms with Crippen molar-refractivity contribution >= 4 is 29.3 Å². The predicted molar refractivity (Wildman–Crippen MR) is 73.1 cm³/mol. The third-order valence-corrected chi connectivity index (χ3v) is 3.75. The van der Waals surface area contributed by atoms with Crippen molar-refractivity contribution in [3.63, 3.8) is 0 Å². The molecule has 19 heavy (non-hydrogen) atoms. The van der Waals surface area contributed by atoms with Crippen LogP contribution in [-0.4, -0.2) is 26.5 Å². The van der Waals surface area contributed by atoms with E-state index in [1.807, 2.05) is 0 Å². The summed E-state index contributed by atoms with van der Waals surface area (Å²) in [4.78, 5) is 14.9. The van der Waals surface area contributed by atoms with Crippen molar-refractivity contribution in [2.24, 2.45) is 0 Å². The summed E-state index contributed by atoms with van der Waals surface area (Å²) in [6, 6.07) is 7.04. The lowest BCUT2D eigenvalue weighted by atomic mass is 10.2. The van der Waals surface area contributed by atoms with Gasteiger partial charge < -0.3 is 9.63 Å². The normalized spacial score (nSPS) is 12.3. The van der Waals surface area contributed by atoms with E-state index in [0.717, 1.165) is 5.56 Å². The van der Waals surface area contributed by atoms with Crippen LogP contribution >= 0.6 is 23.4 Å². The van der Waals surface area contributed by atoms with E-state index in [0.29, 0.717) is 22.5 Å². The molecule has 5 nitrogen and oxygen atoms in total. The molecule has 1 N–H and O–H groups in total. The summed E-state index contributed by atoms with van der Waals surface area (Å²) in [5.74, 6) is 0.412. The molecule has 7 heteroatoms. The van der Waals surface area contributed by atoms with E-state index in [-0.39, 0.29) is 0 Å². The molecule has 0 aliphatic carbocycles. The van der Waals surface area contributed by atoms with Gasteiger partial charge in [0.2, 0.25) is 0 Å². The van der Waals surface area contributed by atoms with Crippen LogP contribution in [0.25, 0.3) is 11.5 Å². The van der Waals surface area contributed by atoms with E-state index in [2.05, 4.69) is 10.1 Å². The highest BCUT2D eigenvalue weighted by Crippen LogP contribution is 2.22. The van der Waals surface area contributed by atoms with Crippen LogP contribution in [0.4, 0.5) is 0 Å². The Labute approximate surface area is 119 Å². The van der Waals surface area contributed by atoms with Gasteiger partial charge in [-0.05, 0) is 31.2 Å². The van der Waals surface area contributed by atoms with Crippen LogP contribution in [0.2, 0.25) is 5.02 Å². The fourth-order valence-corrected chi connectivity index (χ4v) is 2.08. The topological polar surface area (TPSA) is 76.2 Å². The highest BCUT2D eigenvalue weighted by atomic mass is 35.5. The molecule has 0 aliphatic rings. The number of aliphatic carboxylic acids is 1. The summed E-state index contributed by atoms with van der Waals surface area (Å²) in [6.07, 6.45) is 0. The number of carbonyl (C=O) groups is 1. The third-order valence-electron chi connectivity index (χ3n) is 2.37. The lowest BCUT2D eigenvalue weighted by molar-refractivity contribution is -0.136. The Bertz CT molecular complexity index is 571. The van der Waals surface area contributed by atoms with E-state index in [4.69, 9.17) is 21.2 Å². The van der Waals surface area contributed by atoms with Crippen molar-refractivity contribution in [3.8, 4) is 11.5 Å². The van der Waals surface area contributed by atoms with E-state index in [1.165, 1.54) is 11.8 Å². The molecule has 0 radical (unpaired) electrons. The van der Waals surface area contributed by atoms with Crippen LogP contribution < -0.4 is 0 Å². The van der Waals surface area contributed by atoms with Crippen molar-refractivity contribution in [1.29, 1.82) is 0 Å². The number of halogens is 1. The Kier molecular flexibility index (Phi) is 4.44. The first kappa shape index (κ1) is 13.9. The molecule has 1 aromatic heterocycles. The van der Waals surface area contributed by atoms with Gasteiger partial charge in [0.1, 0.15) is 0 Å². The summed E-state index contributed by atoms with van der Waals surface area (Å²) in [5, 5.41) is 12.7. The van der Waals surface area contributed by atoms with E-state index < -0.39 is 11.2 Å². The smallest absolute Gasteiger partial charge is 0.316 e. The minimum absolute atomic E-state index is 0.393. The van der Waals surface area contributed by atoms with Crippen LogP contribution in [0, 0.1) is 0 Å². The number of hydrogen-bond donors (Lipinski definition) is 1. The first-order chi connectivity index (χ1) is 9.06. The van der Waals surface area contributed by atoms with Crippen molar-refractivity contribution in [2.45, 2.75) is 17.9 Å². The van der Waals surface area contributed by atoms with Gasteiger partial charge in [0.05, 0.1) is 11.0 Å². The zero-order valence-electron chi connectivity index (χ0n) is 10.0. The first-order valence-electron chi connectivity index (χ1n) is 5.49. The predicted octanol–water partition coefficient (Wildman–Crippen LogP) is 3.10. The number of carboxylic acid groups (broad SMARTS) is 1. The zero-order chi connectivity index (χ0) is 13.8. The van der Waals surface area contributed by atoms with Crippen molar-refractivity contribution in [1.82, 2.24) is 10.1 Å². The van der Waals surface area contributed by atoms with Gasteiger partial charge in [-0.15, -0.1) is 11.8 Å². The van der Waals surface area contributed by atoms with Gasteiger partial charge in [-0.2, -0.15) is 4.98 Å². The molecule has 1 heterocycles. The maximum atomic E-state index is 10.7. The van der Waals surface area contributed by atoms with Gasteiger partial charge in [-0.25, -0.2) is 0 Å². The van der Waals surface area contributed by atoms with Gasteiger partial charge >= 0.3 is 5.97 Å². The molecule has 2 aromatic rings. The Morgan fingerprint density at radius 3 is 2.79 bits per heavy atom. The molecule has 0 bridgehead atoms. The van der Waals surface area contributed by atoms with E-state index >= 15 is 0 Å². The lowest BCUT2D eigenvalue weighted by Gasteiger charge is -2.01. The van der Waals surface area contributed by atoms with Gasteiger partial charge in [-0.1, -0.05) is 16.8 Å². The number of thioether (sulfide) groups is 1. The Balaban J connectivity index is 2.03. The summed E-state index contributed by atoms with van der Waals surface area (Å²) in [6.45, 7) is 1.62. The fourth-order valence-electron chi connectivity index (χ4n) is 1.29. The molecular formula is C12H11ClN2O3S. The fraction of sp³-hybridized carbons (Fsp3) is 0.250. The second-order valence-electron chi connectivity index (χ2n) is 3.81. The van der Waals surface area contributed by atoms with Crippen LogP contribution in [-0.2, 0) is 10.5 Å². The number of hydrogen-bond acceptors (Lipinski definition) is 5. The van der Waals surface area contributed by atoms with E-state index in [1.54, 1.807) is 31.2 Å². The Morgan fingerprint density at radius 1 is 1.47 bits per heavy atom. The molecular weight excluding hydrogens is 288 g/mol. The van der Waals surface area contributed by atoms with Crippen molar-refractivity contribution in [2.75, 3.05) is 0 Å².